The minimum atomic E-state index is -1.44. The van der Waals surface area contributed by atoms with Gasteiger partial charge >= 0.3 is 17.9 Å². The molecule has 4 saturated carbocycles. The van der Waals surface area contributed by atoms with E-state index in [4.69, 9.17) is 23.7 Å². The van der Waals surface area contributed by atoms with Gasteiger partial charge in [0.25, 0.3) is 0 Å². The molecule has 9 heteroatoms. The highest BCUT2D eigenvalue weighted by molar-refractivity contribution is 6.07. The Morgan fingerprint density at radius 1 is 0.921 bits per heavy atom. The highest BCUT2D eigenvalue weighted by Gasteiger charge is 2.86. The van der Waals surface area contributed by atoms with Crippen molar-refractivity contribution in [2.45, 2.75) is 117 Å². The van der Waals surface area contributed by atoms with Gasteiger partial charge in [0.05, 0.1) is 0 Å². The van der Waals surface area contributed by atoms with Crippen LogP contribution in [0.4, 0.5) is 0 Å². The maximum atomic E-state index is 14.6. The van der Waals surface area contributed by atoms with Gasteiger partial charge in [-0.3, -0.25) is 19.2 Å². The zero-order valence-electron chi connectivity index (χ0n) is 23.7. The fraction of sp³-hybridized carbons (Fsp3) is 0.793. The van der Waals surface area contributed by atoms with Crippen LogP contribution in [0.1, 0.15) is 81.1 Å². The lowest BCUT2D eigenvalue weighted by Crippen LogP contribution is -2.75. The number of esters is 3. The number of carbonyl (C=O) groups is 4. The summed E-state index contributed by atoms with van der Waals surface area (Å²) >= 11 is 0. The van der Waals surface area contributed by atoms with E-state index in [-0.39, 0.29) is 29.1 Å². The number of ether oxygens (including phenoxy) is 5. The van der Waals surface area contributed by atoms with E-state index in [9.17, 15) is 19.2 Å². The summed E-state index contributed by atoms with van der Waals surface area (Å²) in [5.41, 5.74) is -3.49. The van der Waals surface area contributed by atoms with E-state index < -0.39 is 70.5 Å². The third-order valence-corrected chi connectivity index (χ3v) is 10.3. The standard InChI is InChI=1S/C29H40O9/c1-14-23(33)29-21(36-17(4)32)12-19-25(5,6)11-10-20(35-16(3)31)27(19,9)22(29)18(34-15(2)30)13-28(14)24(29)37-26(7,8)38-28/h18-22,24H,1,10-13H2,2-9H3/t18-,19-,20+,21+,22-,24+,27-,28+,29-/m0/s1. The maximum absolute atomic E-state index is 14.6. The van der Waals surface area contributed by atoms with Gasteiger partial charge in [-0.15, -0.1) is 0 Å². The SMILES string of the molecule is C=C1C(=O)[C@]23[C@H](OC(C)=O)C[C@H]4C(C)(C)CC[C@@H](OC(C)=O)[C@@]4(C)[C@@H]2[C@@H](OC(C)=O)C[C@@]12OC(C)(C)O[C@@H]32. The fourth-order valence-electron chi connectivity index (χ4n) is 9.41. The molecule has 9 atom stereocenters. The van der Waals surface area contributed by atoms with Crippen molar-refractivity contribution in [3.8, 4) is 0 Å². The second-order valence-corrected chi connectivity index (χ2v) is 13.3. The maximum Gasteiger partial charge on any atom is 0.302 e. The monoisotopic (exact) mass is 532 g/mol. The zero-order valence-corrected chi connectivity index (χ0v) is 23.7. The summed E-state index contributed by atoms with van der Waals surface area (Å²) in [7, 11) is 0. The van der Waals surface area contributed by atoms with Crippen molar-refractivity contribution in [1.29, 1.82) is 0 Å². The van der Waals surface area contributed by atoms with Gasteiger partial charge in [-0.1, -0.05) is 27.4 Å². The number of hydrogen-bond acceptors (Lipinski definition) is 9. The van der Waals surface area contributed by atoms with Crippen LogP contribution in [0.2, 0.25) is 0 Å². The van der Waals surface area contributed by atoms with Crippen molar-refractivity contribution < 1.29 is 42.9 Å². The van der Waals surface area contributed by atoms with Crippen LogP contribution in [0, 0.1) is 28.1 Å². The summed E-state index contributed by atoms with van der Waals surface area (Å²) in [5, 5.41) is 0. The summed E-state index contributed by atoms with van der Waals surface area (Å²) < 4.78 is 31.1. The molecule has 0 aromatic heterocycles. The fourth-order valence-corrected chi connectivity index (χ4v) is 9.41. The van der Waals surface area contributed by atoms with Crippen LogP contribution in [0.15, 0.2) is 12.2 Å². The number of ketones is 1. The largest absolute Gasteiger partial charge is 0.462 e. The minimum Gasteiger partial charge on any atom is -0.462 e. The third kappa shape index (κ3) is 3.36. The zero-order chi connectivity index (χ0) is 28.2. The molecule has 38 heavy (non-hydrogen) atoms. The molecule has 0 N–H and O–H groups in total. The van der Waals surface area contributed by atoms with Gasteiger partial charge in [-0.05, 0) is 44.4 Å². The molecule has 0 unspecified atom stereocenters. The molecule has 1 spiro atoms. The van der Waals surface area contributed by atoms with Gasteiger partial charge in [0.2, 0.25) is 0 Å². The van der Waals surface area contributed by atoms with E-state index in [1.807, 2.05) is 6.92 Å². The predicted octanol–water partition coefficient (Wildman–Crippen LogP) is 3.66. The van der Waals surface area contributed by atoms with Crippen LogP contribution in [0.25, 0.3) is 0 Å². The molecule has 0 aromatic carbocycles. The van der Waals surface area contributed by atoms with Crippen molar-refractivity contribution in [3.63, 3.8) is 0 Å². The normalized spacial score (nSPS) is 45.9. The van der Waals surface area contributed by atoms with Crippen LogP contribution in [-0.4, -0.2) is 59.5 Å². The second-order valence-electron chi connectivity index (χ2n) is 13.3. The molecule has 4 aliphatic carbocycles. The first-order valence-electron chi connectivity index (χ1n) is 13.6. The van der Waals surface area contributed by atoms with Crippen molar-refractivity contribution in [1.82, 2.24) is 0 Å². The quantitative estimate of drug-likeness (QED) is 0.305. The Morgan fingerprint density at radius 2 is 1.50 bits per heavy atom. The van der Waals surface area contributed by atoms with Crippen molar-refractivity contribution in [2.75, 3.05) is 0 Å². The van der Waals surface area contributed by atoms with E-state index in [1.165, 1.54) is 20.8 Å². The first kappa shape index (κ1) is 27.3. The predicted molar refractivity (Wildman–Crippen MR) is 133 cm³/mol. The average molecular weight is 533 g/mol. The van der Waals surface area contributed by atoms with Gasteiger partial charge in [0, 0.05) is 44.1 Å². The van der Waals surface area contributed by atoms with E-state index in [0.717, 1.165) is 6.42 Å². The average Bonchev–Trinajstić information content (AvgIpc) is 3.10. The number of rotatable bonds is 3. The number of Topliss-reactive ketones (excluding diaryl/α,β-unsaturated/α-hetero) is 1. The first-order valence-corrected chi connectivity index (χ1v) is 13.6. The highest BCUT2D eigenvalue weighted by Crippen LogP contribution is 2.75. The summed E-state index contributed by atoms with van der Waals surface area (Å²) in [5.74, 6) is -3.59. The lowest BCUT2D eigenvalue weighted by atomic mass is 9.38. The van der Waals surface area contributed by atoms with Crippen molar-refractivity contribution in [3.05, 3.63) is 12.2 Å². The number of carbonyl (C=O) groups excluding carboxylic acids is 4. The van der Waals surface area contributed by atoms with Gasteiger partial charge in [-0.25, -0.2) is 0 Å². The van der Waals surface area contributed by atoms with Gasteiger partial charge in [0.1, 0.15) is 35.4 Å². The van der Waals surface area contributed by atoms with E-state index in [0.29, 0.717) is 12.8 Å². The molecular formula is C29H40O9. The Labute approximate surface area is 223 Å². The topological polar surface area (TPSA) is 114 Å². The molecule has 1 aliphatic heterocycles. The smallest absolute Gasteiger partial charge is 0.302 e. The molecular weight excluding hydrogens is 492 g/mol. The Hall–Kier alpha value is -2.26. The number of hydrogen-bond donors (Lipinski definition) is 0. The van der Waals surface area contributed by atoms with Gasteiger partial charge < -0.3 is 23.7 Å². The van der Waals surface area contributed by atoms with Crippen LogP contribution in [-0.2, 0) is 42.9 Å². The van der Waals surface area contributed by atoms with Crippen molar-refractivity contribution >= 4 is 23.7 Å². The Kier molecular flexibility index (Phi) is 5.84. The molecule has 9 nitrogen and oxygen atoms in total. The van der Waals surface area contributed by atoms with E-state index in [1.54, 1.807) is 13.8 Å². The summed E-state index contributed by atoms with van der Waals surface area (Å²) in [4.78, 5) is 52.0. The molecule has 2 bridgehead atoms. The Balaban J connectivity index is 1.83. The first-order chi connectivity index (χ1) is 17.4. The minimum absolute atomic E-state index is 0.129. The molecule has 210 valence electrons. The van der Waals surface area contributed by atoms with Gasteiger partial charge in [-0.2, -0.15) is 0 Å². The lowest BCUT2D eigenvalue weighted by molar-refractivity contribution is -0.285. The molecule has 0 radical (unpaired) electrons. The number of fused-ring (bicyclic) bond motifs is 2. The molecule has 5 rings (SSSR count). The molecule has 1 heterocycles. The van der Waals surface area contributed by atoms with E-state index >= 15 is 0 Å². The molecule has 5 fully saturated rings. The summed E-state index contributed by atoms with van der Waals surface area (Å²) in [6.07, 6.45) is -1.12. The molecule has 0 aromatic rings. The van der Waals surface area contributed by atoms with Crippen molar-refractivity contribution in [2.24, 2.45) is 28.1 Å². The summed E-state index contributed by atoms with van der Waals surface area (Å²) in [6, 6.07) is 0. The third-order valence-electron chi connectivity index (χ3n) is 10.3. The van der Waals surface area contributed by atoms with E-state index in [2.05, 4.69) is 20.4 Å². The van der Waals surface area contributed by atoms with Gasteiger partial charge in [0.15, 0.2) is 11.6 Å². The van der Waals surface area contributed by atoms with Crippen LogP contribution < -0.4 is 0 Å². The highest BCUT2D eigenvalue weighted by atomic mass is 16.8. The van der Waals surface area contributed by atoms with Crippen LogP contribution in [0.5, 0.6) is 0 Å². The van der Waals surface area contributed by atoms with Crippen LogP contribution in [0.3, 0.4) is 0 Å². The molecule has 5 aliphatic rings. The molecule has 1 saturated heterocycles. The second kappa shape index (κ2) is 8.13. The summed E-state index contributed by atoms with van der Waals surface area (Å²) in [6.45, 7) is 18.2. The van der Waals surface area contributed by atoms with Crippen LogP contribution >= 0.6 is 0 Å². The lowest BCUT2D eigenvalue weighted by Gasteiger charge is -2.68. The Bertz CT molecular complexity index is 1120. The Morgan fingerprint density at radius 3 is 2.08 bits per heavy atom. The molecule has 0 amide bonds.